The number of amides is 2. The molecule has 0 atom stereocenters. The second-order valence-electron chi connectivity index (χ2n) is 6.25. The molecule has 2 amide bonds. The van der Waals surface area contributed by atoms with E-state index in [1.54, 1.807) is 6.08 Å². The largest absolute Gasteiger partial charge is 0.379 e. The summed E-state index contributed by atoms with van der Waals surface area (Å²) in [6, 6.07) is 8.08. The number of thioether (sulfide) groups is 1. The average molecular weight is 375 g/mol. The number of carbonyl (C=O) groups excluding carboxylic acids is 2. The number of carbonyl (C=O) groups is 2. The number of anilines is 1. The van der Waals surface area contributed by atoms with Crippen LogP contribution in [-0.2, 0) is 9.53 Å². The van der Waals surface area contributed by atoms with Gasteiger partial charge in [0.2, 0.25) is 0 Å². The highest BCUT2D eigenvalue weighted by atomic mass is 32.2. The highest BCUT2D eigenvalue weighted by molar-refractivity contribution is 8.18. The van der Waals surface area contributed by atoms with Gasteiger partial charge in [-0.3, -0.25) is 19.4 Å². The van der Waals surface area contributed by atoms with E-state index in [4.69, 9.17) is 4.74 Å². The quantitative estimate of drug-likeness (QED) is 0.713. The van der Waals surface area contributed by atoms with Crippen molar-refractivity contribution in [3.05, 3.63) is 34.7 Å². The van der Waals surface area contributed by atoms with E-state index in [2.05, 4.69) is 35.8 Å². The lowest BCUT2D eigenvalue weighted by Gasteiger charge is -2.29. The van der Waals surface area contributed by atoms with Gasteiger partial charge in [0.15, 0.2) is 0 Å². The molecule has 0 aliphatic carbocycles. The minimum Gasteiger partial charge on any atom is -0.379 e. The fourth-order valence-corrected chi connectivity index (χ4v) is 3.92. The number of morpholine rings is 1. The molecule has 140 valence electrons. The van der Waals surface area contributed by atoms with Crippen LogP contribution in [0.25, 0.3) is 6.08 Å². The van der Waals surface area contributed by atoms with Crippen LogP contribution in [0.4, 0.5) is 10.5 Å². The van der Waals surface area contributed by atoms with Gasteiger partial charge in [-0.2, -0.15) is 0 Å². The molecule has 1 aromatic rings. The lowest BCUT2D eigenvalue weighted by atomic mass is 10.1. The summed E-state index contributed by atoms with van der Waals surface area (Å²) in [6.45, 7) is 9.28. The highest BCUT2D eigenvalue weighted by Crippen LogP contribution is 2.32. The Kier molecular flexibility index (Phi) is 6.34. The molecule has 1 aromatic carbocycles. The molecule has 2 aliphatic rings. The van der Waals surface area contributed by atoms with Crippen molar-refractivity contribution in [2.24, 2.45) is 0 Å². The minimum absolute atomic E-state index is 0.201. The van der Waals surface area contributed by atoms with Gasteiger partial charge in [0.25, 0.3) is 11.1 Å². The second-order valence-corrected chi connectivity index (χ2v) is 7.24. The molecule has 0 spiro atoms. The van der Waals surface area contributed by atoms with Gasteiger partial charge < -0.3 is 9.64 Å². The fraction of sp³-hybridized carbons (Fsp3) is 0.474. The maximum absolute atomic E-state index is 12.6. The number of hydrogen-bond acceptors (Lipinski definition) is 6. The van der Waals surface area contributed by atoms with Crippen molar-refractivity contribution >= 4 is 34.7 Å². The Balaban J connectivity index is 1.69. The zero-order valence-electron chi connectivity index (χ0n) is 15.3. The van der Waals surface area contributed by atoms with Crippen LogP contribution in [0.1, 0.15) is 19.4 Å². The fourth-order valence-electron chi connectivity index (χ4n) is 3.09. The molecule has 2 fully saturated rings. The van der Waals surface area contributed by atoms with E-state index in [0.717, 1.165) is 49.2 Å². The van der Waals surface area contributed by atoms with E-state index in [1.807, 2.05) is 12.1 Å². The van der Waals surface area contributed by atoms with Gasteiger partial charge >= 0.3 is 0 Å². The minimum atomic E-state index is -0.209. The van der Waals surface area contributed by atoms with Crippen molar-refractivity contribution in [2.45, 2.75) is 13.8 Å². The average Bonchev–Trinajstić information content (AvgIpc) is 2.92. The molecule has 0 aromatic heterocycles. The van der Waals surface area contributed by atoms with Crippen LogP contribution in [0.15, 0.2) is 29.2 Å². The molecule has 2 aliphatic heterocycles. The Bertz CT molecular complexity index is 680. The SMILES string of the molecule is CCN(CC)c1ccc(/C=C2\SC(=O)N(CN3CCOCC3)C2=O)cc1. The van der Waals surface area contributed by atoms with Crippen LogP contribution in [0.5, 0.6) is 0 Å². The Hall–Kier alpha value is -1.83. The molecule has 26 heavy (non-hydrogen) atoms. The molecule has 0 bridgehead atoms. The van der Waals surface area contributed by atoms with Gasteiger partial charge in [0.1, 0.15) is 0 Å². The molecule has 6 nitrogen and oxygen atoms in total. The van der Waals surface area contributed by atoms with Gasteiger partial charge in [0.05, 0.1) is 24.8 Å². The summed E-state index contributed by atoms with van der Waals surface area (Å²) in [6.07, 6.45) is 1.80. The maximum Gasteiger partial charge on any atom is 0.294 e. The number of hydrogen-bond donors (Lipinski definition) is 0. The first-order chi connectivity index (χ1) is 12.6. The Morgan fingerprint density at radius 2 is 1.77 bits per heavy atom. The summed E-state index contributed by atoms with van der Waals surface area (Å²) in [5.41, 5.74) is 2.09. The van der Waals surface area contributed by atoms with E-state index in [-0.39, 0.29) is 11.1 Å². The summed E-state index contributed by atoms with van der Waals surface area (Å²) in [7, 11) is 0. The van der Waals surface area contributed by atoms with Crippen molar-refractivity contribution in [1.82, 2.24) is 9.80 Å². The topological polar surface area (TPSA) is 53.1 Å². The smallest absolute Gasteiger partial charge is 0.294 e. The van der Waals surface area contributed by atoms with Crippen molar-refractivity contribution in [3.8, 4) is 0 Å². The molecule has 0 saturated carbocycles. The van der Waals surface area contributed by atoms with Crippen LogP contribution < -0.4 is 4.90 Å². The van der Waals surface area contributed by atoms with Crippen molar-refractivity contribution in [1.29, 1.82) is 0 Å². The zero-order chi connectivity index (χ0) is 18.5. The number of benzene rings is 1. The number of rotatable bonds is 6. The number of nitrogens with zero attached hydrogens (tertiary/aromatic N) is 3. The van der Waals surface area contributed by atoms with E-state index in [1.165, 1.54) is 4.90 Å². The first-order valence-corrected chi connectivity index (χ1v) is 9.84. The lowest BCUT2D eigenvalue weighted by Crippen LogP contribution is -2.45. The normalized spacial score (nSPS) is 20.2. The summed E-state index contributed by atoms with van der Waals surface area (Å²) in [5, 5.41) is -0.201. The molecule has 2 heterocycles. The van der Waals surface area contributed by atoms with Gasteiger partial charge in [-0.1, -0.05) is 12.1 Å². The Morgan fingerprint density at radius 1 is 1.12 bits per heavy atom. The molecule has 0 N–H and O–H groups in total. The van der Waals surface area contributed by atoms with Crippen molar-refractivity contribution < 1.29 is 14.3 Å². The van der Waals surface area contributed by atoms with Crippen molar-refractivity contribution in [2.75, 3.05) is 51.0 Å². The van der Waals surface area contributed by atoms with E-state index >= 15 is 0 Å². The van der Waals surface area contributed by atoms with Gasteiger partial charge in [-0.05, 0) is 49.4 Å². The maximum atomic E-state index is 12.6. The second kappa shape index (κ2) is 8.70. The third kappa shape index (κ3) is 4.28. The van der Waals surface area contributed by atoms with Gasteiger partial charge in [-0.25, -0.2) is 0 Å². The lowest BCUT2D eigenvalue weighted by molar-refractivity contribution is -0.125. The van der Waals surface area contributed by atoms with Crippen LogP contribution in [0.2, 0.25) is 0 Å². The highest BCUT2D eigenvalue weighted by Gasteiger charge is 2.36. The number of ether oxygens (including phenoxy) is 1. The molecule has 0 radical (unpaired) electrons. The summed E-state index contributed by atoms with van der Waals surface area (Å²) < 4.78 is 5.31. The predicted molar refractivity (Wildman–Crippen MR) is 105 cm³/mol. The molecule has 7 heteroatoms. The summed E-state index contributed by atoms with van der Waals surface area (Å²) in [5.74, 6) is -0.209. The monoisotopic (exact) mass is 375 g/mol. The first-order valence-electron chi connectivity index (χ1n) is 9.02. The van der Waals surface area contributed by atoms with E-state index in [0.29, 0.717) is 24.8 Å². The summed E-state index contributed by atoms with van der Waals surface area (Å²) in [4.78, 5) is 31.0. The van der Waals surface area contributed by atoms with Crippen LogP contribution in [0.3, 0.4) is 0 Å². The third-order valence-electron chi connectivity index (χ3n) is 4.64. The van der Waals surface area contributed by atoms with E-state index < -0.39 is 0 Å². The van der Waals surface area contributed by atoms with Gasteiger partial charge in [-0.15, -0.1) is 0 Å². The van der Waals surface area contributed by atoms with Crippen LogP contribution >= 0.6 is 11.8 Å². The molecule has 0 unspecified atom stereocenters. The van der Waals surface area contributed by atoms with Crippen LogP contribution in [-0.4, -0.2) is 67.0 Å². The summed E-state index contributed by atoms with van der Waals surface area (Å²) >= 11 is 1.01. The first kappa shape index (κ1) is 18.9. The van der Waals surface area contributed by atoms with Crippen molar-refractivity contribution in [3.63, 3.8) is 0 Å². The Morgan fingerprint density at radius 3 is 2.38 bits per heavy atom. The third-order valence-corrected chi connectivity index (χ3v) is 5.55. The molecule has 2 saturated heterocycles. The predicted octanol–water partition coefficient (Wildman–Crippen LogP) is 2.86. The standard InChI is InChI=1S/C19H25N3O3S/c1-3-21(4-2)16-7-5-15(6-8-16)13-17-18(23)22(19(24)26-17)14-20-9-11-25-12-10-20/h5-8,13H,3-4,9-12,14H2,1-2H3/b17-13-. The number of imide groups is 1. The van der Waals surface area contributed by atoms with E-state index in [9.17, 15) is 9.59 Å². The molecular weight excluding hydrogens is 350 g/mol. The Labute approximate surface area is 158 Å². The van der Waals surface area contributed by atoms with Gasteiger partial charge in [0, 0.05) is 31.9 Å². The zero-order valence-corrected chi connectivity index (χ0v) is 16.1. The molecule has 3 rings (SSSR count). The molecular formula is C19H25N3O3S. The van der Waals surface area contributed by atoms with Crippen LogP contribution in [0, 0.1) is 0 Å².